The Balaban J connectivity index is 1.90. The molecule has 0 saturated carbocycles. The number of esters is 1. The molecule has 0 saturated heterocycles. The van der Waals surface area contributed by atoms with E-state index in [0.717, 1.165) is 5.56 Å². The number of rotatable bonds is 6. The highest BCUT2D eigenvalue weighted by Gasteiger charge is 2.23. The molecule has 3 rings (SSSR count). The van der Waals surface area contributed by atoms with Crippen LogP contribution in [0.2, 0.25) is 0 Å². The van der Waals surface area contributed by atoms with Crippen LogP contribution < -0.4 is 14.4 Å². The van der Waals surface area contributed by atoms with E-state index < -0.39 is 10.9 Å². The Morgan fingerprint density at radius 2 is 2.00 bits per heavy atom. The quantitative estimate of drug-likeness (QED) is 0.445. The summed E-state index contributed by atoms with van der Waals surface area (Å²) < 4.78 is 15.4. The molecule has 0 spiro atoms. The molecule has 0 amide bonds. The predicted octanol–water partition coefficient (Wildman–Crippen LogP) is 3.14. The van der Waals surface area contributed by atoms with Crippen LogP contribution in [-0.2, 0) is 11.3 Å². The minimum atomic E-state index is -0.738. The molecule has 8 nitrogen and oxygen atoms in total. The molecule has 26 heavy (non-hydrogen) atoms. The molecular weight excluding hydrogens is 340 g/mol. The van der Waals surface area contributed by atoms with E-state index in [-0.39, 0.29) is 18.0 Å². The Morgan fingerprint density at radius 3 is 2.69 bits per heavy atom. The van der Waals surface area contributed by atoms with Gasteiger partial charge < -0.3 is 19.1 Å². The normalized spacial score (nSPS) is 11.9. The summed E-state index contributed by atoms with van der Waals surface area (Å²) in [5, 5.41) is 11.2. The Bertz CT molecular complexity index is 852. The third-order valence-electron chi connectivity index (χ3n) is 4.14. The SMILES string of the molecule is CCN(Cc1ccc2c(c1)OCO2)c1ccc([N+](=O)[O-])c(C(=O)OC)c1. The van der Waals surface area contributed by atoms with Gasteiger partial charge in [0, 0.05) is 24.8 Å². The lowest BCUT2D eigenvalue weighted by Crippen LogP contribution is -2.22. The van der Waals surface area contributed by atoms with E-state index in [0.29, 0.717) is 30.3 Å². The molecule has 0 bridgehead atoms. The van der Waals surface area contributed by atoms with E-state index in [9.17, 15) is 14.9 Å². The van der Waals surface area contributed by atoms with Crippen LogP contribution in [0.1, 0.15) is 22.8 Å². The van der Waals surface area contributed by atoms with Crippen LogP contribution in [0.5, 0.6) is 11.5 Å². The van der Waals surface area contributed by atoms with Crippen molar-refractivity contribution >= 4 is 17.3 Å². The number of carbonyl (C=O) groups is 1. The fraction of sp³-hybridized carbons (Fsp3) is 0.278. The summed E-state index contributed by atoms with van der Waals surface area (Å²) in [7, 11) is 1.20. The van der Waals surface area contributed by atoms with Crippen molar-refractivity contribution in [3.05, 3.63) is 57.6 Å². The van der Waals surface area contributed by atoms with Gasteiger partial charge in [-0.05, 0) is 36.8 Å². The summed E-state index contributed by atoms with van der Waals surface area (Å²) in [5.74, 6) is 0.662. The molecule has 1 aliphatic heterocycles. The number of benzene rings is 2. The first-order chi connectivity index (χ1) is 12.5. The number of nitro groups is 1. The zero-order chi connectivity index (χ0) is 18.7. The first-order valence-electron chi connectivity index (χ1n) is 8.03. The summed E-state index contributed by atoms with van der Waals surface area (Å²) >= 11 is 0. The highest BCUT2D eigenvalue weighted by atomic mass is 16.7. The van der Waals surface area contributed by atoms with Gasteiger partial charge in [0.2, 0.25) is 6.79 Å². The van der Waals surface area contributed by atoms with E-state index in [1.54, 1.807) is 6.07 Å². The monoisotopic (exact) mass is 358 g/mol. The molecule has 2 aromatic rings. The Hall–Kier alpha value is -3.29. The molecule has 0 aromatic heterocycles. The van der Waals surface area contributed by atoms with Gasteiger partial charge in [-0.3, -0.25) is 10.1 Å². The topological polar surface area (TPSA) is 91.1 Å². The smallest absolute Gasteiger partial charge is 0.344 e. The molecule has 2 aromatic carbocycles. The molecule has 8 heteroatoms. The van der Waals surface area contributed by atoms with E-state index >= 15 is 0 Å². The lowest BCUT2D eigenvalue weighted by molar-refractivity contribution is -0.385. The number of hydrogen-bond acceptors (Lipinski definition) is 7. The number of ether oxygens (including phenoxy) is 3. The fourth-order valence-electron chi connectivity index (χ4n) is 2.80. The van der Waals surface area contributed by atoms with Gasteiger partial charge in [0.05, 0.1) is 12.0 Å². The average Bonchev–Trinajstić information content (AvgIpc) is 3.12. The molecule has 1 heterocycles. The van der Waals surface area contributed by atoms with Gasteiger partial charge in [-0.25, -0.2) is 4.79 Å². The van der Waals surface area contributed by atoms with Crippen molar-refractivity contribution in [2.45, 2.75) is 13.5 Å². The maximum absolute atomic E-state index is 11.9. The fourth-order valence-corrected chi connectivity index (χ4v) is 2.80. The van der Waals surface area contributed by atoms with Crippen molar-refractivity contribution in [1.82, 2.24) is 0 Å². The number of nitrogens with zero attached hydrogens (tertiary/aromatic N) is 2. The molecule has 0 atom stereocenters. The van der Waals surface area contributed by atoms with Crippen LogP contribution in [0, 0.1) is 10.1 Å². The zero-order valence-corrected chi connectivity index (χ0v) is 14.4. The standard InChI is InChI=1S/C18H18N2O6/c1-3-19(10-12-4-7-16-17(8-12)26-11-25-16)13-5-6-15(20(22)23)14(9-13)18(21)24-2/h4-9H,3,10-11H2,1-2H3. The first-order valence-corrected chi connectivity index (χ1v) is 8.03. The van der Waals surface area contributed by atoms with Crippen LogP contribution >= 0.6 is 0 Å². The molecule has 0 N–H and O–H groups in total. The minimum absolute atomic E-state index is 0.0702. The van der Waals surface area contributed by atoms with Crippen LogP contribution in [0.3, 0.4) is 0 Å². The lowest BCUT2D eigenvalue weighted by Gasteiger charge is -2.23. The number of carbonyl (C=O) groups excluding carboxylic acids is 1. The zero-order valence-electron chi connectivity index (χ0n) is 14.4. The van der Waals surface area contributed by atoms with Gasteiger partial charge in [-0.1, -0.05) is 6.07 Å². The van der Waals surface area contributed by atoms with Crippen LogP contribution in [0.25, 0.3) is 0 Å². The summed E-state index contributed by atoms with van der Waals surface area (Å²) in [4.78, 5) is 24.5. The number of nitro benzene ring substituents is 1. The number of anilines is 1. The Morgan fingerprint density at radius 1 is 1.23 bits per heavy atom. The molecule has 1 aliphatic rings. The highest BCUT2D eigenvalue weighted by molar-refractivity contribution is 5.95. The van der Waals surface area contributed by atoms with Gasteiger partial charge in [-0.15, -0.1) is 0 Å². The summed E-state index contributed by atoms with van der Waals surface area (Å²) in [5.41, 5.74) is 1.34. The minimum Gasteiger partial charge on any atom is -0.465 e. The second kappa shape index (κ2) is 7.30. The second-order valence-corrected chi connectivity index (χ2v) is 5.65. The molecule has 0 aliphatic carbocycles. The Kier molecular flexibility index (Phi) is 4.92. The van der Waals surface area contributed by atoms with Crippen molar-refractivity contribution in [2.24, 2.45) is 0 Å². The maximum atomic E-state index is 11.9. The first kappa shape index (κ1) is 17.5. The highest BCUT2D eigenvalue weighted by Crippen LogP contribution is 2.33. The van der Waals surface area contributed by atoms with Gasteiger partial charge >= 0.3 is 5.97 Å². The van der Waals surface area contributed by atoms with Crippen molar-refractivity contribution in [1.29, 1.82) is 0 Å². The Labute approximate surface area is 150 Å². The van der Waals surface area contributed by atoms with Gasteiger partial charge in [0.25, 0.3) is 5.69 Å². The van der Waals surface area contributed by atoms with E-state index in [1.165, 1.54) is 19.2 Å². The van der Waals surface area contributed by atoms with E-state index in [4.69, 9.17) is 9.47 Å². The third-order valence-corrected chi connectivity index (χ3v) is 4.14. The average molecular weight is 358 g/mol. The molecular formula is C18H18N2O6. The number of methoxy groups -OCH3 is 1. The van der Waals surface area contributed by atoms with Gasteiger partial charge in [0.1, 0.15) is 5.56 Å². The van der Waals surface area contributed by atoms with Crippen LogP contribution in [-0.4, -0.2) is 31.3 Å². The summed E-state index contributed by atoms with van der Waals surface area (Å²) in [6.07, 6.45) is 0. The lowest BCUT2D eigenvalue weighted by atomic mass is 10.1. The van der Waals surface area contributed by atoms with Crippen molar-refractivity contribution in [2.75, 3.05) is 25.3 Å². The third kappa shape index (κ3) is 3.39. The molecule has 0 radical (unpaired) electrons. The van der Waals surface area contributed by atoms with Gasteiger partial charge in [-0.2, -0.15) is 0 Å². The van der Waals surface area contributed by atoms with Crippen molar-refractivity contribution in [3.8, 4) is 11.5 Å². The largest absolute Gasteiger partial charge is 0.465 e. The number of hydrogen-bond donors (Lipinski definition) is 0. The molecule has 0 unspecified atom stereocenters. The number of fused-ring (bicyclic) bond motifs is 1. The van der Waals surface area contributed by atoms with Crippen molar-refractivity contribution in [3.63, 3.8) is 0 Å². The van der Waals surface area contributed by atoms with Crippen molar-refractivity contribution < 1.29 is 23.9 Å². The molecule has 0 fully saturated rings. The molecule has 136 valence electrons. The van der Waals surface area contributed by atoms with Crippen LogP contribution in [0.15, 0.2) is 36.4 Å². The summed E-state index contributed by atoms with van der Waals surface area (Å²) in [6, 6.07) is 10.1. The maximum Gasteiger partial charge on any atom is 0.344 e. The van der Waals surface area contributed by atoms with E-state index in [1.807, 2.05) is 30.0 Å². The van der Waals surface area contributed by atoms with E-state index in [2.05, 4.69) is 4.74 Å². The second-order valence-electron chi connectivity index (χ2n) is 5.65. The van der Waals surface area contributed by atoms with Gasteiger partial charge in [0.15, 0.2) is 11.5 Å². The van der Waals surface area contributed by atoms with Crippen LogP contribution in [0.4, 0.5) is 11.4 Å². The summed E-state index contributed by atoms with van der Waals surface area (Å²) in [6.45, 7) is 3.37. The predicted molar refractivity (Wildman–Crippen MR) is 93.7 cm³/mol.